The molecule has 0 fully saturated rings. The molecular weight excluding hydrogens is 398 g/mol. The summed E-state index contributed by atoms with van der Waals surface area (Å²) in [5.41, 5.74) is 2.88. The molecule has 2 aromatic carbocycles. The van der Waals surface area contributed by atoms with Gasteiger partial charge in [-0.3, -0.25) is 4.79 Å². The Balaban J connectivity index is 1.35. The van der Waals surface area contributed by atoms with E-state index in [1.807, 2.05) is 41.1 Å². The second-order valence-electron chi connectivity index (χ2n) is 6.42. The van der Waals surface area contributed by atoms with Crippen molar-refractivity contribution in [1.29, 1.82) is 0 Å². The minimum absolute atomic E-state index is 0.141. The van der Waals surface area contributed by atoms with Crippen molar-refractivity contribution < 1.29 is 9.53 Å². The molecule has 1 amide bonds. The minimum Gasteiger partial charge on any atom is -0.438 e. The van der Waals surface area contributed by atoms with Gasteiger partial charge in [0, 0.05) is 22.7 Å². The van der Waals surface area contributed by atoms with Gasteiger partial charge < -0.3 is 10.1 Å². The number of hydrogen-bond acceptors (Lipinski definition) is 6. The first-order chi connectivity index (χ1) is 14.8. The molecule has 0 aliphatic heterocycles. The van der Waals surface area contributed by atoms with E-state index in [1.54, 1.807) is 47.0 Å². The Hall–Kier alpha value is -4.04. The Morgan fingerprint density at radius 1 is 0.933 bits per heavy atom. The summed E-state index contributed by atoms with van der Waals surface area (Å²) >= 11 is 1.48. The van der Waals surface area contributed by atoms with Gasteiger partial charge in [-0.1, -0.05) is 30.3 Å². The first-order valence-electron chi connectivity index (χ1n) is 9.16. The highest BCUT2D eigenvalue weighted by atomic mass is 32.1. The van der Waals surface area contributed by atoms with Crippen LogP contribution in [0, 0.1) is 0 Å². The Morgan fingerprint density at radius 2 is 1.77 bits per heavy atom. The minimum atomic E-state index is -0.141. The van der Waals surface area contributed by atoms with Crippen LogP contribution in [-0.4, -0.2) is 25.7 Å². The summed E-state index contributed by atoms with van der Waals surface area (Å²) in [6.07, 6.45) is 0. The van der Waals surface area contributed by atoms with E-state index < -0.39 is 0 Å². The first kappa shape index (κ1) is 18.0. The highest BCUT2D eigenvalue weighted by Crippen LogP contribution is 2.24. The van der Waals surface area contributed by atoms with Crippen LogP contribution in [0.5, 0.6) is 11.6 Å². The Morgan fingerprint density at radius 3 is 2.53 bits per heavy atom. The molecule has 0 spiro atoms. The van der Waals surface area contributed by atoms with E-state index >= 15 is 0 Å². The number of aromatic nitrogens is 4. The summed E-state index contributed by atoms with van der Waals surface area (Å²) in [6.45, 7) is 0. The van der Waals surface area contributed by atoms with E-state index in [2.05, 4.69) is 20.6 Å². The Kier molecular flexibility index (Phi) is 4.66. The fraction of sp³-hybridized carbons (Fsp3) is 0. The second kappa shape index (κ2) is 7.76. The van der Waals surface area contributed by atoms with Crippen molar-refractivity contribution >= 4 is 28.6 Å². The number of benzene rings is 2. The van der Waals surface area contributed by atoms with Gasteiger partial charge >= 0.3 is 0 Å². The van der Waals surface area contributed by atoms with Gasteiger partial charge in [0.05, 0.1) is 5.56 Å². The van der Waals surface area contributed by atoms with Gasteiger partial charge in [0.1, 0.15) is 5.75 Å². The summed E-state index contributed by atoms with van der Waals surface area (Å²) in [5, 5.41) is 19.4. The van der Waals surface area contributed by atoms with Crippen molar-refractivity contribution in [2.24, 2.45) is 0 Å². The topological polar surface area (TPSA) is 81.4 Å². The molecule has 0 bridgehead atoms. The molecule has 8 heteroatoms. The third kappa shape index (κ3) is 3.63. The van der Waals surface area contributed by atoms with E-state index in [9.17, 15) is 4.79 Å². The van der Waals surface area contributed by atoms with Crippen LogP contribution in [0.2, 0.25) is 0 Å². The molecule has 0 saturated carbocycles. The highest BCUT2D eigenvalue weighted by molar-refractivity contribution is 7.08. The van der Waals surface area contributed by atoms with Crippen LogP contribution in [0.25, 0.3) is 17.0 Å². The average Bonchev–Trinajstić information content (AvgIpc) is 3.46. The summed E-state index contributed by atoms with van der Waals surface area (Å²) in [4.78, 5) is 12.1. The van der Waals surface area contributed by atoms with Crippen LogP contribution in [-0.2, 0) is 0 Å². The smallest absolute Gasteiger partial charge is 0.256 e. The number of anilines is 1. The number of thiophene rings is 1. The molecule has 0 aliphatic carbocycles. The van der Waals surface area contributed by atoms with Gasteiger partial charge in [0.15, 0.2) is 11.5 Å². The van der Waals surface area contributed by atoms with Crippen molar-refractivity contribution in [1.82, 2.24) is 19.8 Å². The zero-order valence-corrected chi connectivity index (χ0v) is 16.4. The van der Waals surface area contributed by atoms with Gasteiger partial charge in [-0.2, -0.15) is 15.9 Å². The zero-order chi connectivity index (χ0) is 20.3. The number of ether oxygens (including phenoxy) is 1. The quantitative estimate of drug-likeness (QED) is 0.443. The summed E-state index contributed by atoms with van der Waals surface area (Å²) in [7, 11) is 0. The molecule has 1 N–H and O–H groups in total. The van der Waals surface area contributed by atoms with Crippen molar-refractivity contribution in [3.8, 4) is 23.0 Å². The molecule has 0 aliphatic rings. The van der Waals surface area contributed by atoms with Crippen LogP contribution in [0.15, 0.2) is 83.6 Å². The molecule has 30 heavy (non-hydrogen) atoms. The lowest BCUT2D eigenvalue weighted by atomic mass is 10.2. The van der Waals surface area contributed by atoms with Crippen molar-refractivity contribution in [2.45, 2.75) is 0 Å². The van der Waals surface area contributed by atoms with Crippen LogP contribution in [0.4, 0.5) is 5.69 Å². The van der Waals surface area contributed by atoms with E-state index in [4.69, 9.17) is 4.74 Å². The van der Waals surface area contributed by atoms with E-state index in [0.717, 1.165) is 5.56 Å². The number of hydrogen-bond donors (Lipinski definition) is 1. The predicted molar refractivity (Wildman–Crippen MR) is 115 cm³/mol. The summed E-state index contributed by atoms with van der Waals surface area (Å²) < 4.78 is 7.53. The molecule has 5 rings (SSSR count). The molecule has 0 unspecified atom stereocenters. The van der Waals surface area contributed by atoms with Crippen molar-refractivity contribution in [3.63, 3.8) is 0 Å². The van der Waals surface area contributed by atoms with Gasteiger partial charge in [-0.25, -0.2) is 0 Å². The highest BCUT2D eigenvalue weighted by Gasteiger charge is 2.11. The molecule has 0 saturated heterocycles. The normalized spacial score (nSPS) is 10.8. The lowest BCUT2D eigenvalue weighted by Gasteiger charge is -2.08. The van der Waals surface area contributed by atoms with Crippen molar-refractivity contribution in [2.75, 3.05) is 5.32 Å². The van der Waals surface area contributed by atoms with Crippen LogP contribution >= 0.6 is 11.3 Å². The lowest BCUT2D eigenvalue weighted by Crippen LogP contribution is -2.10. The number of fused-ring (bicyclic) bond motifs is 1. The maximum absolute atomic E-state index is 12.1. The molecule has 3 aromatic heterocycles. The molecule has 0 radical (unpaired) electrons. The number of nitrogens with zero attached hydrogens (tertiary/aromatic N) is 4. The van der Waals surface area contributed by atoms with Crippen LogP contribution < -0.4 is 10.1 Å². The maximum atomic E-state index is 12.1. The number of carbonyl (C=O) groups is 1. The Bertz CT molecular complexity index is 1300. The molecule has 146 valence electrons. The lowest BCUT2D eigenvalue weighted by molar-refractivity contribution is 0.102. The fourth-order valence-corrected chi connectivity index (χ4v) is 3.55. The molecule has 5 aromatic rings. The van der Waals surface area contributed by atoms with Gasteiger partial charge in [-0.15, -0.1) is 15.3 Å². The largest absolute Gasteiger partial charge is 0.438 e. The zero-order valence-electron chi connectivity index (χ0n) is 15.6. The standard InChI is InChI=1S/C22H15N5O2S/c28-22(16-12-13-30-14-16)23-17-6-8-18(9-7-17)29-20-11-10-19-24-25-21(27(19)26-20)15-4-2-1-3-5-15/h1-14H,(H,23,28). The molecule has 0 atom stereocenters. The van der Waals surface area contributed by atoms with Gasteiger partial charge in [0.25, 0.3) is 5.91 Å². The maximum Gasteiger partial charge on any atom is 0.256 e. The summed E-state index contributed by atoms with van der Waals surface area (Å²) in [5.74, 6) is 1.51. The van der Waals surface area contributed by atoms with E-state index in [-0.39, 0.29) is 5.91 Å². The first-order valence-corrected chi connectivity index (χ1v) is 10.1. The third-order valence-corrected chi connectivity index (χ3v) is 5.07. The average molecular weight is 413 g/mol. The number of amides is 1. The van der Waals surface area contributed by atoms with Crippen LogP contribution in [0.3, 0.4) is 0 Å². The van der Waals surface area contributed by atoms with Gasteiger partial charge in [0.2, 0.25) is 5.88 Å². The SMILES string of the molecule is O=C(Nc1ccc(Oc2ccc3nnc(-c4ccccc4)n3n2)cc1)c1ccsc1. The summed E-state index contributed by atoms with van der Waals surface area (Å²) in [6, 6.07) is 22.2. The monoisotopic (exact) mass is 413 g/mol. The Labute approximate surface area is 175 Å². The van der Waals surface area contributed by atoms with Crippen molar-refractivity contribution in [3.05, 3.63) is 89.1 Å². The number of carbonyl (C=O) groups excluding carboxylic acids is 1. The van der Waals surface area contributed by atoms with E-state index in [1.165, 1.54) is 11.3 Å². The molecular formula is C22H15N5O2S. The van der Waals surface area contributed by atoms with Crippen LogP contribution in [0.1, 0.15) is 10.4 Å². The molecule has 3 heterocycles. The number of nitrogens with one attached hydrogen (secondary N) is 1. The predicted octanol–water partition coefficient (Wildman–Crippen LogP) is 4.90. The van der Waals surface area contributed by atoms with Gasteiger partial charge in [-0.05, 0) is 41.8 Å². The third-order valence-electron chi connectivity index (χ3n) is 4.39. The second-order valence-corrected chi connectivity index (χ2v) is 7.20. The fourth-order valence-electron chi connectivity index (χ4n) is 2.92. The number of rotatable bonds is 5. The molecule has 7 nitrogen and oxygen atoms in total. The van der Waals surface area contributed by atoms with E-state index in [0.29, 0.717) is 34.4 Å².